The molecule has 0 aliphatic heterocycles. The van der Waals surface area contributed by atoms with Gasteiger partial charge in [-0.1, -0.05) is 43.9 Å². The fourth-order valence-corrected chi connectivity index (χ4v) is 3.72. The number of carbonyl (C=O) groups is 2. The second kappa shape index (κ2) is 10.2. The number of carbonyl (C=O) groups excluding carboxylic acids is 2. The average Bonchev–Trinajstić information content (AvgIpc) is 3.10. The van der Waals surface area contributed by atoms with Crippen LogP contribution in [0.15, 0.2) is 25.9 Å². The first-order valence-electron chi connectivity index (χ1n) is 8.56. The Labute approximate surface area is 164 Å². The van der Waals surface area contributed by atoms with Crippen molar-refractivity contribution in [1.29, 1.82) is 0 Å². The van der Waals surface area contributed by atoms with Crippen molar-refractivity contribution in [3.05, 3.63) is 28.3 Å². The monoisotopic (exact) mass is 411 g/mol. The maximum Gasteiger partial charge on any atom is 0.314 e. The Morgan fingerprint density at radius 3 is 2.67 bits per heavy atom. The van der Waals surface area contributed by atoms with Crippen LogP contribution in [0.4, 0.5) is 5.13 Å². The van der Waals surface area contributed by atoms with E-state index in [9.17, 15) is 14.4 Å². The third-order valence-corrected chi connectivity index (χ3v) is 5.69. The van der Waals surface area contributed by atoms with Gasteiger partial charge in [0.15, 0.2) is 4.34 Å². The fourth-order valence-electron chi connectivity index (χ4n) is 2.06. The van der Waals surface area contributed by atoms with Crippen LogP contribution in [0.2, 0.25) is 0 Å². The van der Waals surface area contributed by atoms with Crippen molar-refractivity contribution in [2.75, 3.05) is 5.32 Å². The molecule has 8 nitrogen and oxygen atoms in total. The van der Waals surface area contributed by atoms with Gasteiger partial charge in [-0.05, 0) is 12.8 Å². The molecule has 10 heteroatoms. The highest BCUT2D eigenvalue weighted by molar-refractivity contribution is 8.00. The maximum absolute atomic E-state index is 12.1. The first-order chi connectivity index (χ1) is 13.0. The van der Waals surface area contributed by atoms with E-state index in [1.165, 1.54) is 29.2 Å². The van der Waals surface area contributed by atoms with Crippen molar-refractivity contribution in [3.63, 3.8) is 0 Å². The summed E-state index contributed by atoms with van der Waals surface area (Å²) in [6.07, 6.45) is 2.82. The van der Waals surface area contributed by atoms with E-state index in [0.717, 1.165) is 6.26 Å². The number of hydrogen-bond acceptors (Lipinski definition) is 9. The van der Waals surface area contributed by atoms with Gasteiger partial charge >= 0.3 is 5.97 Å². The molecule has 0 fully saturated rings. The number of hydrogen-bond donors (Lipinski definition) is 1. The van der Waals surface area contributed by atoms with E-state index >= 15 is 0 Å². The molecule has 0 atom stereocenters. The Morgan fingerprint density at radius 1 is 1.30 bits per heavy atom. The van der Waals surface area contributed by atoms with Crippen LogP contribution in [-0.4, -0.2) is 22.1 Å². The van der Waals surface area contributed by atoms with Crippen LogP contribution < -0.4 is 15.5 Å². The Bertz CT molecular complexity index is 845. The lowest BCUT2D eigenvalue weighted by molar-refractivity contribution is -0.139. The number of anilines is 1. The number of amides is 1. The Morgan fingerprint density at radius 2 is 2.04 bits per heavy atom. The normalized spacial score (nSPS) is 10.8. The van der Waals surface area contributed by atoms with Crippen molar-refractivity contribution < 1.29 is 18.7 Å². The number of nitrogens with one attached hydrogen (secondary N) is 1. The van der Waals surface area contributed by atoms with Gasteiger partial charge in [-0.2, -0.15) is 0 Å². The minimum absolute atomic E-state index is 0.110. The molecule has 146 valence electrons. The van der Waals surface area contributed by atoms with Crippen LogP contribution in [0.1, 0.15) is 45.8 Å². The first-order valence-corrected chi connectivity index (χ1v) is 10.4. The second-order valence-electron chi connectivity index (χ2n) is 5.57. The molecule has 0 aromatic carbocycles. The largest absolute Gasteiger partial charge is 0.464 e. The van der Waals surface area contributed by atoms with E-state index in [1.807, 2.05) is 13.8 Å². The lowest BCUT2D eigenvalue weighted by Crippen LogP contribution is -2.22. The fraction of sp³-hybridized carbons (Fsp3) is 0.471. The SMILES string of the molecule is CCC(=O)Nc1nnc(SCc2cc(=O)c(OC(=O)C(CC)CC)co2)s1. The molecule has 2 rings (SSSR count). The van der Waals surface area contributed by atoms with E-state index in [0.29, 0.717) is 40.2 Å². The van der Waals surface area contributed by atoms with Gasteiger partial charge in [0.25, 0.3) is 0 Å². The van der Waals surface area contributed by atoms with Crippen LogP contribution in [0.3, 0.4) is 0 Å². The van der Waals surface area contributed by atoms with Gasteiger partial charge in [0.1, 0.15) is 12.0 Å². The van der Waals surface area contributed by atoms with Crippen molar-refractivity contribution in [2.24, 2.45) is 5.92 Å². The molecular formula is C17H21N3O5S2. The Balaban J connectivity index is 1.95. The summed E-state index contributed by atoms with van der Waals surface area (Å²) >= 11 is 2.56. The molecule has 1 amide bonds. The molecule has 2 aromatic rings. The highest BCUT2D eigenvalue weighted by atomic mass is 32.2. The summed E-state index contributed by atoms with van der Waals surface area (Å²) in [4.78, 5) is 35.4. The van der Waals surface area contributed by atoms with E-state index in [1.54, 1.807) is 6.92 Å². The van der Waals surface area contributed by atoms with Crippen molar-refractivity contribution >= 4 is 40.1 Å². The van der Waals surface area contributed by atoms with Gasteiger partial charge < -0.3 is 14.5 Å². The third-order valence-electron chi connectivity index (χ3n) is 3.69. The van der Waals surface area contributed by atoms with Gasteiger partial charge in [0.05, 0.1) is 11.7 Å². The third kappa shape index (κ3) is 6.17. The average molecular weight is 412 g/mol. The zero-order valence-corrected chi connectivity index (χ0v) is 16.9. The molecular weight excluding hydrogens is 390 g/mol. The van der Waals surface area contributed by atoms with E-state index in [2.05, 4.69) is 15.5 Å². The van der Waals surface area contributed by atoms with Crippen LogP contribution >= 0.6 is 23.1 Å². The Hall–Kier alpha value is -2.20. The van der Waals surface area contributed by atoms with Gasteiger partial charge in [-0.3, -0.25) is 14.4 Å². The quantitative estimate of drug-likeness (QED) is 0.379. The summed E-state index contributed by atoms with van der Waals surface area (Å²) in [5.41, 5.74) is -0.413. The number of nitrogens with zero attached hydrogens (tertiary/aromatic N) is 2. The number of thioether (sulfide) groups is 1. The Kier molecular flexibility index (Phi) is 7.99. The van der Waals surface area contributed by atoms with Crippen LogP contribution in [0.25, 0.3) is 0 Å². The molecule has 0 aliphatic rings. The standard InChI is InChI=1S/C17H21N3O5S2/c1-4-10(5-2)15(23)25-13-8-24-11(7-12(13)21)9-26-17-20-19-16(27-17)18-14(22)6-3/h7-8,10H,4-6,9H2,1-3H3,(H,18,19,22). The number of ether oxygens (including phenoxy) is 1. The van der Waals surface area contributed by atoms with E-state index < -0.39 is 11.4 Å². The van der Waals surface area contributed by atoms with Gasteiger partial charge in [-0.15, -0.1) is 10.2 Å². The number of aromatic nitrogens is 2. The van der Waals surface area contributed by atoms with Crippen molar-refractivity contribution in [2.45, 2.75) is 50.1 Å². The van der Waals surface area contributed by atoms with Crippen LogP contribution in [0.5, 0.6) is 5.75 Å². The number of esters is 1. The number of rotatable bonds is 9. The minimum atomic E-state index is -0.426. The lowest BCUT2D eigenvalue weighted by Gasteiger charge is -2.10. The van der Waals surface area contributed by atoms with E-state index in [4.69, 9.17) is 9.15 Å². The second-order valence-corrected chi connectivity index (χ2v) is 7.77. The minimum Gasteiger partial charge on any atom is -0.464 e. The van der Waals surface area contributed by atoms with Crippen molar-refractivity contribution in [1.82, 2.24) is 10.2 Å². The topological polar surface area (TPSA) is 111 Å². The lowest BCUT2D eigenvalue weighted by atomic mass is 10.0. The molecule has 0 aliphatic carbocycles. The molecule has 0 spiro atoms. The molecule has 0 radical (unpaired) electrons. The molecule has 2 heterocycles. The maximum atomic E-state index is 12.1. The molecule has 1 N–H and O–H groups in total. The van der Waals surface area contributed by atoms with Crippen LogP contribution in [-0.2, 0) is 15.3 Å². The van der Waals surface area contributed by atoms with Gasteiger partial charge in [0.2, 0.25) is 22.2 Å². The smallest absolute Gasteiger partial charge is 0.314 e. The zero-order chi connectivity index (χ0) is 19.8. The molecule has 0 saturated carbocycles. The summed E-state index contributed by atoms with van der Waals surface area (Å²) in [5, 5.41) is 10.9. The molecule has 0 unspecified atom stereocenters. The highest BCUT2D eigenvalue weighted by Crippen LogP contribution is 2.28. The predicted molar refractivity (Wildman–Crippen MR) is 103 cm³/mol. The molecule has 0 saturated heterocycles. The zero-order valence-electron chi connectivity index (χ0n) is 15.3. The first kappa shape index (κ1) is 21.1. The van der Waals surface area contributed by atoms with Crippen molar-refractivity contribution in [3.8, 4) is 5.75 Å². The summed E-state index contributed by atoms with van der Waals surface area (Å²) in [6.45, 7) is 5.54. The molecule has 2 aromatic heterocycles. The summed E-state index contributed by atoms with van der Waals surface area (Å²) < 4.78 is 11.2. The summed E-state index contributed by atoms with van der Waals surface area (Å²) in [5.74, 6) is -0.133. The predicted octanol–water partition coefficient (Wildman–Crippen LogP) is 3.47. The van der Waals surface area contributed by atoms with Crippen LogP contribution in [0, 0.1) is 5.92 Å². The highest BCUT2D eigenvalue weighted by Gasteiger charge is 2.18. The summed E-state index contributed by atoms with van der Waals surface area (Å²) in [6, 6.07) is 1.29. The molecule has 0 bridgehead atoms. The molecule has 27 heavy (non-hydrogen) atoms. The van der Waals surface area contributed by atoms with Gasteiger partial charge in [0, 0.05) is 12.5 Å². The van der Waals surface area contributed by atoms with Gasteiger partial charge in [-0.25, -0.2) is 0 Å². The summed E-state index contributed by atoms with van der Waals surface area (Å²) in [7, 11) is 0. The van der Waals surface area contributed by atoms with E-state index in [-0.39, 0.29) is 17.6 Å².